The van der Waals surface area contributed by atoms with Crippen LogP contribution in [0.1, 0.15) is 37.0 Å². The van der Waals surface area contributed by atoms with E-state index in [-0.39, 0.29) is 22.8 Å². The van der Waals surface area contributed by atoms with Gasteiger partial charge >= 0.3 is 0 Å². The van der Waals surface area contributed by atoms with E-state index < -0.39 is 27.8 Å². The van der Waals surface area contributed by atoms with Crippen molar-refractivity contribution in [2.24, 2.45) is 0 Å². The summed E-state index contributed by atoms with van der Waals surface area (Å²) in [4.78, 5) is 25.3. The van der Waals surface area contributed by atoms with Gasteiger partial charge in [-0.1, -0.05) is 25.5 Å². The van der Waals surface area contributed by atoms with Crippen LogP contribution in [0.2, 0.25) is 0 Å². The number of para-hydroxylation sites is 1. The van der Waals surface area contributed by atoms with Gasteiger partial charge in [-0.3, -0.25) is 13.9 Å². The summed E-state index contributed by atoms with van der Waals surface area (Å²) in [5, 5.41) is 5.42. The lowest BCUT2D eigenvalue weighted by atomic mass is 10.1. The lowest BCUT2D eigenvalue weighted by Crippen LogP contribution is -2.45. The first kappa shape index (κ1) is 23.3. The van der Waals surface area contributed by atoms with Gasteiger partial charge in [-0.05, 0) is 49.7 Å². The van der Waals surface area contributed by atoms with Crippen molar-refractivity contribution in [3.8, 4) is 0 Å². The number of amides is 2. The number of hydrogen-bond acceptors (Lipinski definition) is 4. The molecule has 0 unspecified atom stereocenters. The smallest absolute Gasteiger partial charge is 0.253 e. The Balaban J connectivity index is 2.25. The highest BCUT2D eigenvalue weighted by molar-refractivity contribution is 7.92. The van der Waals surface area contributed by atoms with Crippen molar-refractivity contribution >= 4 is 33.2 Å². The molecule has 0 radical (unpaired) electrons. The van der Waals surface area contributed by atoms with Crippen LogP contribution in [0.4, 0.5) is 15.8 Å². The van der Waals surface area contributed by atoms with E-state index in [4.69, 9.17) is 0 Å². The topological polar surface area (TPSA) is 95.6 Å². The van der Waals surface area contributed by atoms with Gasteiger partial charge in [-0.25, -0.2) is 12.8 Å². The number of halogens is 1. The second-order valence-electron chi connectivity index (χ2n) is 6.86. The number of rotatable bonds is 9. The number of unbranched alkanes of at least 4 members (excludes halogenated alkanes) is 1. The maximum atomic E-state index is 13.2. The van der Waals surface area contributed by atoms with E-state index in [1.54, 1.807) is 24.3 Å². The van der Waals surface area contributed by atoms with Gasteiger partial charge in [0.05, 0.1) is 23.2 Å². The summed E-state index contributed by atoms with van der Waals surface area (Å²) in [6, 6.07) is 10.2. The third kappa shape index (κ3) is 6.03. The molecule has 0 aliphatic carbocycles. The van der Waals surface area contributed by atoms with Crippen LogP contribution in [-0.2, 0) is 14.8 Å². The SMILES string of the molecule is CCCCNC(=O)c1ccccc1NC(=O)[C@@H](C)N(c1ccc(F)cc1)S(C)(=O)=O. The standard InChI is InChI=1S/C21H26FN3O4S/c1-4-5-14-23-21(27)18-8-6-7-9-19(18)24-20(26)15(2)25(30(3,28)29)17-12-10-16(22)11-13-17/h6-13,15H,4-5,14H2,1-3H3,(H,23,27)(H,24,26)/t15-/m1/s1. The van der Waals surface area contributed by atoms with E-state index in [9.17, 15) is 22.4 Å². The third-order valence-electron chi connectivity index (χ3n) is 4.42. The number of nitrogens with one attached hydrogen (secondary N) is 2. The summed E-state index contributed by atoms with van der Waals surface area (Å²) in [6.07, 6.45) is 2.73. The zero-order valence-corrected chi connectivity index (χ0v) is 18.0. The lowest BCUT2D eigenvalue weighted by molar-refractivity contribution is -0.116. The van der Waals surface area contributed by atoms with Crippen LogP contribution in [0.3, 0.4) is 0 Å². The van der Waals surface area contributed by atoms with Crippen LogP contribution in [0.15, 0.2) is 48.5 Å². The van der Waals surface area contributed by atoms with E-state index >= 15 is 0 Å². The average molecular weight is 436 g/mol. The molecule has 2 amide bonds. The van der Waals surface area contributed by atoms with Gasteiger partial charge in [-0.15, -0.1) is 0 Å². The monoisotopic (exact) mass is 435 g/mol. The largest absolute Gasteiger partial charge is 0.352 e. The molecule has 0 aliphatic heterocycles. The van der Waals surface area contributed by atoms with Gasteiger partial charge in [0, 0.05) is 6.54 Å². The van der Waals surface area contributed by atoms with E-state index in [1.165, 1.54) is 19.1 Å². The zero-order chi connectivity index (χ0) is 22.3. The number of benzene rings is 2. The van der Waals surface area contributed by atoms with Crippen molar-refractivity contribution in [2.45, 2.75) is 32.7 Å². The Labute approximate surface area is 176 Å². The molecule has 2 aromatic carbocycles. The molecular formula is C21H26FN3O4S. The fourth-order valence-electron chi connectivity index (χ4n) is 2.90. The van der Waals surface area contributed by atoms with Crippen LogP contribution in [0.25, 0.3) is 0 Å². The van der Waals surface area contributed by atoms with Crippen molar-refractivity contribution < 1.29 is 22.4 Å². The normalized spacial score (nSPS) is 12.1. The summed E-state index contributed by atoms with van der Waals surface area (Å²) in [7, 11) is -3.84. The van der Waals surface area contributed by atoms with Crippen molar-refractivity contribution in [1.82, 2.24) is 5.32 Å². The number of sulfonamides is 1. The van der Waals surface area contributed by atoms with Crippen LogP contribution in [0, 0.1) is 5.82 Å². The Bertz CT molecular complexity index is 994. The molecular weight excluding hydrogens is 409 g/mol. The van der Waals surface area contributed by atoms with Gasteiger partial charge in [-0.2, -0.15) is 0 Å². The molecule has 7 nitrogen and oxygen atoms in total. The first-order valence-electron chi connectivity index (χ1n) is 9.58. The number of carbonyl (C=O) groups is 2. The molecule has 1 atom stereocenters. The van der Waals surface area contributed by atoms with Crippen molar-refractivity contribution in [3.63, 3.8) is 0 Å². The number of anilines is 2. The zero-order valence-electron chi connectivity index (χ0n) is 17.2. The van der Waals surface area contributed by atoms with E-state index in [0.717, 1.165) is 35.5 Å². The lowest BCUT2D eigenvalue weighted by Gasteiger charge is -2.28. The molecule has 0 saturated carbocycles. The highest BCUT2D eigenvalue weighted by Gasteiger charge is 2.29. The molecule has 2 N–H and O–H groups in total. The molecule has 162 valence electrons. The fraction of sp³-hybridized carbons (Fsp3) is 0.333. The first-order valence-corrected chi connectivity index (χ1v) is 11.4. The molecule has 0 spiro atoms. The van der Waals surface area contributed by atoms with Gasteiger partial charge in [0.2, 0.25) is 15.9 Å². The van der Waals surface area contributed by atoms with Crippen LogP contribution < -0.4 is 14.9 Å². The van der Waals surface area contributed by atoms with E-state index in [1.807, 2.05) is 6.92 Å². The number of hydrogen-bond donors (Lipinski definition) is 2. The Hall–Kier alpha value is -2.94. The van der Waals surface area contributed by atoms with Crippen molar-refractivity contribution in [3.05, 3.63) is 59.9 Å². The third-order valence-corrected chi connectivity index (χ3v) is 5.66. The summed E-state index contributed by atoms with van der Waals surface area (Å²) in [5.74, 6) is -1.48. The van der Waals surface area contributed by atoms with Crippen molar-refractivity contribution in [2.75, 3.05) is 22.4 Å². The van der Waals surface area contributed by atoms with Gasteiger partial charge in [0.1, 0.15) is 11.9 Å². The predicted molar refractivity (Wildman–Crippen MR) is 115 cm³/mol. The summed E-state index contributed by atoms with van der Waals surface area (Å²) in [5.41, 5.74) is 0.713. The Morgan fingerprint density at radius 3 is 2.33 bits per heavy atom. The number of carbonyl (C=O) groups excluding carboxylic acids is 2. The number of nitrogens with zero attached hydrogens (tertiary/aromatic N) is 1. The molecule has 2 rings (SSSR count). The van der Waals surface area contributed by atoms with Gasteiger partial charge in [0.25, 0.3) is 5.91 Å². The highest BCUT2D eigenvalue weighted by Crippen LogP contribution is 2.23. The fourth-order valence-corrected chi connectivity index (χ4v) is 4.07. The van der Waals surface area contributed by atoms with Crippen LogP contribution in [-0.4, -0.2) is 39.1 Å². The average Bonchev–Trinajstić information content (AvgIpc) is 2.69. The molecule has 30 heavy (non-hydrogen) atoms. The first-order chi connectivity index (χ1) is 14.1. The molecule has 0 bridgehead atoms. The summed E-state index contributed by atoms with van der Waals surface area (Å²) >= 11 is 0. The summed E-state index contributed by atoms with van der Waals surface area (Å²) < 4.78 is 38.8. The molecule has 0 heterocycles. The molecule has 0 aliphatic rings. The highest BCUT2D eigenvalue weighted by atomic mass is 32.2. The van der Waals surface area contributed by atoms with Crippen LogP contribution >= 0.6 is 0 Å². The summed E-state index contributed by atoms with van der Waals surface area (Å²) in [6.45, 7) is 3.94. The Morgan fingerprint density at radius 2 is 1.73 bits per heavy atom. The molecule has 9 heteroatoms. The van der Waals surface area contributed by atoms with Crippen LogP contribution in [0.5, 0.6) is 0 Å². The Kier molecular flexibility index (Phi) is 7.93. The van der Waals surface area contributed by atoms with E-state index in [0.29, 0.717) is 6.54 Å². The Morgan fingerprint density at radius 1 is 1.10 bits per heavy atom. The maximum Gasteiger partial charge on any atom is 0.253 e. The minimum Gasteiger partial charge on any atom is -0.352 e. The molecule has 0 saturated heterocycles. The molecule has 2 aromatic rings. The second kappa shape index (κ2) is 10.2. The minimum absolute atomic E-state index is 0.159. The quantitative estimate of drug-likeness (QED) is 0.592. The van der Waals surface area contributed by atoms with Crippen molar-refractivity contribution in [1.29, 1.82) is 0 Å². The molecule has 0 fully saturated rings. The van der Waals surface area contributed by atoms with E-state index in [2.05, 4.69) is 10.6 Å². The predicted octanol–water partition coefficient (Wildman–Crippen LogP) is 3.15. The minimum atomic E-state index is -3.84. The van der Waals surface area contributed by atoms with Gasteiger partial charge in [0.15, 0.2) is 0 Å². The maximum absolute atomic E-state index is 13.2. The second-order valence-corrected chi connectivity index (χ2v) is 8.71. The van der Waals surface area contributed by atoms with Gasteiger partial charge < -0.3 is 10.6 Å². The molecule has 0 aromatic heterocycles.